The van der Waals surface area contributed by atoms with Crippen molar-refractivity contribution in [3.63, 3.8) is 0 Å². The second kappa shape index (κ2) is 9.28. The van der Waals surface area contributed by atoms with E-state index in [-0.39, 0.29) is 5.92 Å². The van der Waals surface area contributed by atoms with Crippen molar-refractivity contribution in [1.29, 1.82) is 0 Å². The molecule has 0 radical (unpaired) electrons. The fourth-order valence-electron chi connectivity index (χ4n) is 3.88. The van der Waals surface area contributed by atoms with E-state index in [1.165, 1.54) is 5.56 Å². The summed E-state index contributed by atoms with van der Waals surface area (Å²) in [5.74, 6) is 0.712. The minimum atomic E-state index is -3.60. The molecule has 0 bridgehead atoms. The lowest BCUT2D eigenvalue weighted by atomic mass is 9.98. The van der Waals surface area contributed by atoms with Crippen molar-refractivity contribution in [2.24, 2.45) is 0 Å². The number of aryl methyl sites for hydroxylation is 1. The third-order valence-electron chi connectivity index (χ3n) is 5.45. The van der Waals surface area contributed by atoms with Gasteiger partial charge in [-0.15, -0.1) is 0 Å². The van der Waals surface area contributed by atoms with Crippen LogP contribution in [0.25, 0.3) is 0 Å². The molecule has 1 aliphatic heterocycles. The molecule has 6 heteroatoms. The molecule has 0 amide bonds. The van der Waals surface area contributed by atoms with Crippen LogP contribution in [0.1, 0.15) is 43.4 Å². The maximum Gasteiger partial charge on any atom is 0.246 e. The molecule has 0 saturated carbocycles. The van der Waals surface area contributed by atoms with Crippen LogP contribution in [0.15, 0.2) is 47.4 Å². The van der Waals surface area contributed by atoms with Crippen LogP contribution in [0, 0.1) is 6.92 Å². The molecule has 0 aliphatic carbocycles. The second-order valence-electron chi connectivity index (χ2n) is 7.91. The molecule has 0 aromatic heterocycles. The minimum absolute atomic E-state index is 0.252. The Labute approximate surface area is 175 Å². The quantitative estimate of drug-likeness (QED) is 0.684. The number of sulfonamides is 1. The average molecular weight is 417 g/mol. The summed E-state index contributed by atoms with van der Waals surface area (Å²) in [6, 6.07) is 14.0. The van der Waals surface area contributed by atoms with E-state index in [0.717, 1.165) is 30.8 Å². The van der Waals surface area contributed by atoms with E-state index < -0.39 is 10.0 Å². The maximum absolute atomic E-state index is 13.5. The molecule has 29 heavy (non-hydrogen) atoms. The number of ether oxygens (including phenoxy) is 1. The highest BCUT2D eigenvalue weighted by atomic mass is 32.2. The summed E-state index contributed by atoms with van der Waals surface area (Å²) < 4.78 is 34.2. The summed E-state index contributed by atoms with van der Waals surface area (Å²) in [7, 11) is -3.60. The lowest BCUT2D eigenvalue weighted by Crippen LogP contribution is -2.48. The van der Waals surface area contributed by atoms with Gasteiger partial charge in [-0.3, -0.25) is 4.90 Å². The summed E-state index contributed by atoms with van der Waals surface area (Å²) in [6.07, 6.45) is 0. The molecular weight excluding hydrogens is 384 g/mol. The standard InChI is InChI=1S/C23H32N2O3S/c1-5-28-22-15-19(4)21(18(2)3)16-23(22)29(26,27)25-13-11-24(12-14-25)17-20-9-7-6-8-10-20/h6-10,15-16,18H,5,11-14,17H2,1-4H3. The van der Waals surface area contributed by atoms with Crippen molar-refractivity contribution >= 4 is 10.0 Å². The topological polar surface area (TPSA) is 49.9 Å². The van der Waals surface area contributed by atoms with Crippen LogP contribution in [0.3, 0.4) is 0 Å². The summed E-state index contributed by atoms with van der Waals surface area (Å²) in [5, 5.41) is 0. The Morgan fingerprint density at radius 3 is 2.28 bits per heavy atom. The third kappa shape index (κ3) is 5.00. The average Bonchev–Trinajstić information content (AvgIpc) is 2.69. The smallest absolute Gasteiger partial charge is 0.246 e. The molecular formula is C23H32N2O3S. The van der Waals surface area contributed by atoms with Gasteiger partial charge in [0.05, 0.1) is 6.61 Å². The van der Waals surface area contributed by atoms with E-state index in [0.29, 0.717) is 30.3 Å². The summed E-state index contributed by atoms with van der Waals surface area (Å²) in [6.45, 7) is 11.8. The van der Waals surface area contributed by atoms with Gasteiger partial charge in [-0.2, -0.15) is 4.31 Å². The Hall–Kier alpha value is -1.89. The Kier molecular flexibility index (Phi) is 6.98. The number of benzene rings is 2. The third-order valence-corrected chi connectivity index (χ3v) is 7.37. The fourth-order valence-corrected chi connectivity index (χ4v) is 5.45. The van der Waals surface area contributed by atoms with Crippen molar-refractivity contribution in [1.82, 2.24) is 9.21 Å². The van der Waals surface area contributed by atoms with Crippen LogP contribution >= 0.6 is 0 Å². The molecule has 1 aliphatic rings. The van der Waals surface area contributed by atoms with Gasteiger partial charge < -0.3 is 4.74 Å². The summed E-state index contributed by atoms with van der Waals surface area (Å²) in [5.41, 5.74) is 3.37. The van der Waals surface area contributed by atoms with Gasteiger partial charge in [0.15, 0.2) is 0 Å². The Morgan fingerprint density at radius 1 is 1.03 bits per heavy atom. The molecule has 3 rings (SSSR count). The van der Waals surface area contributed by atoms with Gasteiger partial charge in [-0.05, 0) is 48.6 Å². The maximum atomic E-state index is 13.5. The Balaban J connectivity index is 1.79. The number of nitrogens with zero attached hydrogens (tertiary/aromatic N) is 2. The first kappa shape index (κ1) is 21.8. The number of hydrogen-bond donors (Lipinski definition) is 0. The lowest BCUT2D eigenvalue weighted by molar-refractivity contribution is 0.181. The molecule has 0 unspecified atom stereocenters. The zero-order valence-electron chi connectivity index (χ0n) is 17.9. The Morgan fingerprint density at radius 2 is 1.69 bits per heavy atom. The van der Waals surface area contributed by atoms with Crippen LogP contribution in [-0.4, -0.2) is 50.4 Å². The molecule has 5 nitrogen and oxygen atoms in total. The molecule has 2 aromatic rings. The van der Waals surface area contributed by atoms with Gasteiger partial charge in [0.2, 0.25) is 10.0 Å². The second-order valence-corrected chi connectivity index (χ2v) is 9.82. The molecule has 1 saturated heterocycles. The monoisotopic (exact) mass is 416 g/mol. The van der Waals surface area contributed by atoms with Crippen LogP contribution in [0.2, 0.25) is 0 Å². The van der Waals surface area contributed by atoms with Gasteiger partial charge in [0.25, 0.3) is 0 Å². The summed E-state index contributed by atoms with van der Waals surface area (Å²) in [4.78, 5) is 2.60. The zero-order chi connectivity index (χ0) is 21.0. The highest BCUT2D eigenvalue weighted by Gasteiger charge is 2.31. The number of piperazine rings is 1. The van der Waals surface area contributed by atoms with Gasteiger partial charge in [-0.1, -0.05) is 44.2 Å². The Bertz CT molecular complexity index is 919. The van der Waals surface area contributed by atoms with E-state index in [1.807, 2.05) is 44.2 Å². The predicted molar refractivity (Wildman–Crippen MR) is 117 cm³/mol. The zero-order valence-corrected chi connectivity index (χ0v) is 18.7. The lowest BCUT2D eigenvalue weighted by Gasteiger charge is -2.34. The van der Waals surface area contributed by atoms with E-state index >= 15 is 0 Å². The molecule has 0 atom stereocenters. The molecule has 2 aromatic carbocycles. The summed E-state index contributed by atoms with van der Waals surface area (Å²) >= 11 is 0. The fraction of sp³-hybridized carbons (Fsp3) is 0.478. The van der Waals surface area contributed by atoms with Crippen molar-refractivity contribution in [3.05, 3.63) is 59.2 Å². The first-order valence-corrected chi connectivity index (χ1v) is 11.8. The molecule has 158 valence electrons. The van der Waals surface area contributed by atoms with Crippen molar-refractivity contribution in [2.45, 2.75) is 45.1 Å². The predicted octanol–water partition coefficient (Wildman–Crippen LogP) is 4.02. The van der Waals surface area contributed by atoms with Crippen molar-refractivity contribution in [2.75, 3.05) is 32.8 Å². The van der Waals surface area contributed by atoms with Gasteiger partial charge in [0, 0.05) is 32.7 Å². The van der Waals surface area contributed by atoms with Crippen LogP contribution in [-0.2, 0) is 16.6 Å². The van der Waals surface area contributed by atoms with Crippen LogP contribution in [0.4, 0.5) is 0 Å². The largest absolute Gasteiger partial charge is 0.492 e. The van der Waals surface area contributed by atoms with E-state index in [2.05, 4.69) is 30.9 Å². The van der Waals surface area contributed by atoms with E-state index in [9.17, 15) is 8.42 Å². The highest BCUT2D eigenvalue weighted by Crippen LogP contribution is 2.33. The van der Waals surface area contributed by atoms with E-state index in [4.69, 9.17) is 4.74 Å². The molecule has 0 spiro atoms. The number of hydrogen-bond acceptors (Lipinski definition) is 4. The van der Waals surface area contributed by atoms with Crippen LogP contribution in [0.5, 0.6) is 5.75 Å². The first-order valence-electron chi connectivity index (χ1n) is 10.4. The molecule has 0 N–H and O–H groups in total. The first-order chi connectivity index (χ1) is 13.8. The molecule has 1 heterocycles. The van der Waals surface area contributed by atoms with Crippen LogP contribution < -0.4 is 4.74 Å². The highest BCUT2D eigenvalue weighted by molar-refractivity contribution is 7.89. The number of rotatable bonds is 7. The van der Waals surface area contributed by atoms with E-state index in [1.54, 1.807) is 4.31 Å². The van der Waals surface area contributed by atoms with Gasteiger partial charge in [-0.25, -0.2) is 8.42 Å². The van der Waals surface area contributed by atoms with Gasteiger partial charge >= 0.3 is 0 Å². The minimum Gasteiger partial charge on any atom is -0.492 e. The SMILES string of the molecule is CCOc1cc(C)c(C(C)C)cc1S(=O)(=O)N1CCN(Cc2ccccc2)CC1. The van der Waals surface area contributed by atoms with Crippen molar-refractivity contribution < 1.29 is 13.2 Å². The molecule has 1 fully saturated rings. The normalized spacial score (nSPS) is 16.3. The van der Waals surface area contributed by atoms with Gasteiger partial charge in [0.1, 0.15) is 10.6 Å². The van der Waals surface area contributed by atoms with Crippen molar-refractivity contribution in [3.8, 4) is 5.75 Å².